The van der Waals surface area contributed by atoms with E-state index in [1.165, 1.54) is 5.56 Å². The van der Waals surface area contributed by atoms with Crippen molar-refractivity contribution in [2.75, 3.05) is 12.3 Å². The molecule has 2 nitrogen and oxygen atoms in total. The highest BCUT2D eigenvalue weighted by molar-refractivity contribution is 7.80. The molecule has 0 aliphatic heterocycles. The van der Waals surface area contributed by atoms with E-state index in [0.29, 0.717) is 6.04 Å². The molecule has 0 spiro atoms. The van der Waals surface area contributed by atoms with Crippen molar-refractivity contribution < 1.29 is 0 Å². The number of thiol groups is 1. The van der Waals surface area contributed by atoms with Crippen LogP contribution in [0.25, 0.3) is 0 Å². The first-order chi connectivity index (χ1) is 6.34. The molecule has 0 fully saturated rings. The summed E-state index contributed by atoms with van der Waals surface area (Å²) in [6.07, 6.45) is 4.80. The van der Waals surface area contributed by atoms with Gasteiger partial charge in [-0.1, -0.05) is 6.07 Å². The van der Waals surface area contributed by atoms with Gasteiger partial charge >= 0.3 is 0 Å². The van der Waals surface area contributed by atoms with E-state index in [0.717, 1.165) is 18.7 Å². The van der Waals surface area contributed by atoms with E-state index < -0.39 is 0 Å². The number of pyridine rings is 1. The molecule has 0 aliphatic carbocycles. The maximum Gasteiger partial charge on any atom is 0.0315 e. The van der Waals surface area contributed by atoms with Crippen molar-refractivity contribution in [1.29, 1.82) is 0 Å². The Morgan fingerprint density at radius 2 is 2.46 bits per heavy atom. The summed E-state index contributed by atoms with van der Waals surface area (Å²) in [4.78, 5) is 4.08. The van der Waals surface area contributed by atoms with Crippen LogP contribution in [0.5, 0.6) is 0 Å². The summed E-state index contributed by atoms with van der Waals surface area (Å²) in [5.74, 6) is 0.937. The molecule has 0 bridgehead atoms. The summed E-state index contributed by atoms with van der Waals surface area (Å²) in [6.45, 7) is 3.16. The van der Waals surface area contributed by atoms with Gasteiger partial charge in [0, 0.05) is 18.4 Å². The van der Waals surface area contributed by atoms with Crippen LogP contribution in [0.4, 0.5) is 0 Å². The first kappa shape index (κ1) is 10.5. The summed E-state index contributed by atoms with van der Waals surface area (Å²) >= 11 is 4.16. The van der Waals surface area contributed by atoms with Gasteiger partial charge in [-0.15, -0.1) is 0 Å². The van der Waals surface area contributed by atoms with Crippen LogP contribution >= 0.6 is 12.6 Å². The Morgan fingerprint density at radius 3 is 3.08 bits per heavy atom. The van der Waals surface area contributed by atoms with Gasteiger partial charge in [0.2, 0.25) is 0 Å². The molecule has 0 saturated carbocycles. The summed E-state index contributed by atoms with van der Waals surface area (Å²) in [6, 6.07) is 4.44. The van der Waals surface area contributed by atoms with Gasteiger partial charge in [-0.3, -0.25) is 4.98 Å². The van der Waals surface area contributed by atoms with Crippen molar-refractivity contribution in [3.8, 4) is 0 Å². The molecule has 1 aromatic rings. The fraction of sp³-hybridized carbons (Fsp3) is 0.500. The first-order valence-corrected chi connectivity index (χ1v) is 5.22. The molecule has 1 N–H and O–H groups in total. The highest BCUT2D eigenvalue weighted by Crippen LogP contribution is 2.09. The van der Waals surface area contributed by atoms with Crippen molar-refractivity contribution in [2.45, 2.75) is 19.4 Å². The lowest BCUT2D eigenvalue weighted by Crippen LogP contribution is -2.20. The Kier molecular flexibility index (Phi) is 4.86. The Balaban J connectivity index is 2.35. The molecule has 1 aromatic heterocycles. The zero-order chi connectivity index (χ0) is 9.52. The second-order valence-corrected chi connectivity index (χ2v) is 3.49. The largest absolute Gasteiger partial charge is 0.310 e. The second kappa shape index (κ2) is 6.00. The monoisotopic (exact) mass is 196 g/mol. The molecule has 0 saturated heterocycles. The number of aromatic nitrogens is 1. The number of nitrogens with zero attached hydrogens (tertiary/aromatic N) is 1. The molecule has 1 heterocycles. The fourth-order valence-corrected chi connectivity index (χ4v) is 1.31. The summed E-state index contributed by atoms with van der Waals surface area (Å²) < 4.78 is 0. The van der Waals surface area contributed by atoms with E-state index in [2.05, 4.69) is 35.9 Å². The lowest BCUT2D eigenvalue weighted by Gasteiger charge is -2.12. The van der Waals surface area contributed by atoms with Crippen molar-refractivity contribution in [1.82, 2.24) is 10.3 Å². The number of nitrogens with one attached hydrogen (secondary N) is 1. The molecule has 3 heteroatoms. The fourth-order valence-electron chi connectivity index (χ4n) is 1.15. The smallest absolute Gasteiger partial charge is 0.0315 e. The Bertz CT molecular complexity index is 226. The maximum absolute atomic E-state index is 4.16. The number of hydrogen-bond donors (Lipinski definition) is 2. The minimum atomic E-state index is 0.383. The van der Waals surface area contributed by atoms with Crippen LogP contribution in [0, 0.1) is 0 Å². The lowest BCUT2D eigenvalue weighted by molar-refractivity contribution is 0.571. The second-order valence-electron chi connectivity index (χ2n) is 3.04. The van der Waals surface area contributed by atoms with Gasteiger partial charge in [0.25, 0.3) is 0 Å². The van der Waals surface area contributed by atoms with Crippen molar-refractivity contribution in [3.05, 3.63) is 30.1 Å². The van der Waals surface area contributed by atoms with Gasteiger partial charge in [-0.25, -0.2) is 0 Å². The Hall–Kier alpha value is -0.540. The van der Waals surface area contributed by atoms with Crippen LogP contribution in [0.2, 0.25) is 0 Å². The molecule has 0 aliphatic rings. The van der Waals surface area contributed by atoms with Crippen LogP contribution in [-0.2, 0) is 0 Å². The van der Waals surface area contributed by atoms with Gasteiger partial charge < -0.3 is 5.32 Å². The quantitative estimate of drug-likeness (QED) is 0.556. The van der Waals surface area contributed by atoms with E-state index in [4.69, 9.17) is 0 Å². The van der Waals surface area contributed by atoms with E-state index >= 15 is 0 Å². The minimum absolute atomic E-state index is 0.383. The molecule has 0 aromatic carbocycles. The molecule has 0 amide bonds. The number of rotatable bonds is 5. The van der Waals surface area contributed by atoms with Crippen LogP contribution in [0.1, 0.15) is 24.9 Å². The predicted molar refractivity (Wildman–Crippen MR) is 59.1 cm³/mol. The summed E-state index contributed by atoms with van der Waals surface area (Å²) in [7, 11) is 0. The van der Waals surface area contributed by atoms with Crippen molar-refractivity contribution in [2.24, 2.45) is 0 Å². The topological polar surface area (TPSA) is 24.9 Å². The zero-order valence-electron chi connectivity index (χ0n) is 7.90. The van der Waals surface area contributed by atoms with Gasteiger partial charge in [-0.2, -0.15) is 12.6 Å². The standard InChI is InChI=1S/C10H16N2S/c1-9(12-6-3-7-13)10-4-2-5-11-8-10/h2,4-5,8-9,12-13H,3,6-7H2,1H3. The summed E-state index contributed by atoms with van der Waals surface area (Å²) in [5, 5.41) is 3.41. The maximum atomic E-state index is 4.16. The minimum Gasteiger partial charge on any atom is -0.310 e. The van der Waals surface area contributed by atoms with Gasteiger partial charge in [0.15, 0.2) is 0 Å². The van der Waals surface area contributed by atoms with E-state index in [1.807, 2.05) is 12.3 Å². The summed E-state index contributed by atoms with van der Waals surface area (Å²) in [5.41, 5.74) is 1.24. The molecule has 1 atom stereocenters. The molecule has 72 valence electrons. The van der Waals surface area contributed by atoms with Crippen LogP contribution in [0.3, 0.4) is 0 Å². The van der Waals surface area contributed by atoms with Gasteiger partial charge in [0.1, 0.15) is 0 Å². The van der Waals surface area contributed by atoms with Crippen molar-refractivity contribution in [3.63, 3.8) is 0 Å². The first-order valence-electron chi connectivity index (χ1n) is 4.58. The third-order valence-electron chi connectivity index (χ3n) is 1.97. The molecule has 13 heavy (non-hydrogen) atoms. The molecule has 1 rings (SSSR count). The SMILES string of the molecule is CC(NCCCS)c1cccnc1. The van der Waals surface area contributed by atoms with Crippen LogP contribution in [0.15, 0.2) is 24.5 Å². The number of hydrogen-bond acceptors (Lipinski definition) is 3. The molecular formula is C10H16N2S. The van der Waals surface area contributed by atoms with Crippen LogP contribution in [-0.4, -0.2) is 17.3 Å². The molecule has 1 unspecified atom stereocenters. The predicted octanol–water partition coefficient (Wildman–Crippen LogP) is 2.05. The van der Waals surface area contributed by atoms with E-state index in [1.54, 1.807) is 6.20 Å². The highest BCUT2D eigenvalue weighted by atomic mass is 32.1. The Morgan fingerprint density at radius 1 is 1.62 bits per heavy atom. The molecule has 0 radical (unpaired) electrons. The Labute approximate surface area is 85.2 Å². The average molecular weight is 196 g/mol. The molecular weight excluding hydrogens is 180 g/mol. The average Bonchev–Trinajstić information content (AvgIpc) is 2.19. The van der Waals surface area contributed by atoms with E-state index in [9.17, 15) is 0 Å². The lowest BCUT2D eigenvalue weighted by atomic mass is 10.1. The third kappa shape index (κ3) is 3.79. The third-order valence-corrected chi connectivity index (χ3v) is 2.29. The highest BCUT2D eigenvalue weighted by Gasteiger charge is 2.02. The van der Waals surface area contributed by atoms with Gasteiger partial charge in [0.05, 0.1) is 0 Å². The van der Waals surface area contributed by atoms with Crippen LogP contribution < -0.4 is 5.32 Å². The van der Waals surface area contributed by atoms with Gasteiger partial charge in [-0.05, 0) is 37.3 Å². The normalized spacial score (nSPS) is 12.8. The van der Waals surface area contributed by atoms with E-state index in [-0.39, 0.29) is 0 Å². The van der Waals surface area contributed by atoms with Crippen molar-refractivity contribution >= 4 is 12.6 Å². The zero-order valence-corrected chi connectivity index (χ0v) is 8.80.